The molecule has 0 spiro atoms. The summed E-state index contributed by atoms with van der Waals surface area (Å²) in [5.74, 6) is 0.929. The Kier molecular flexibility index (Phi) is 5.28. The van der Waals surface area contributed by atoms with E-state index >= 15 is 0 Å². The molecule has 0 radical (unpaired) electrons. The van der Waals surface area contributed by atoms with E-state index in [-0.39, 0.29) is 0 Å². The number of thiophene rings is 1. The van der Waals surface area contributed by atoms with Crippen LogP contribution in [0.2, 0.25) is 4.34 Å². The van der Waals surface area contributed by atoms with Crippen molar-refractivity contribution < 1.29 is 4.74 Å². The smallest absolute Gasteiger partial charge is 0.126 e. The third-order valence-electron chi connectivity index (χ3n) is 2.72. The van der Waals surface area contributed by atoms with Gasteiger partial charge in [0, 0.05) is 9.35 Å². The summed E-state index contributed by atoms with van der Waals surface area (Å²) in [5.41, 5.74) is 7.90. The molecule has 1 aromatic heterocycles. The van der Waals surface area contributed by atoms with Crippen molar-refractivity contribution in [2.75, 3.05) is 6.54 Å². The van der Waals surface area contributed by atoms with Crippen LogP contribution < -0.4 is 10.5 Å². The van der Waals surface area contributed by atoms with Gasteiger partial charge in [-0.1, -0.05) is 27.5 Å². The Labute approximate surface area is 130 Å². The Balaban J connectivity index is 2.18. The van der Waals surface area contributed by atoms with Crippen molar-refractivity contribution in [3.63, 3.8) is 0 Å². The first-order valence-corrected chi connectivity index (χ1v) is 7.95. The van der Waals surface area contributed by atoms with Crippen LogP contribution in [0.1, 0.15) is 16.0 Å². The van der Waals surface area contributed by atoms with Crippen molar-refractivity contribution in [1.29, 1.82) is 0 Å². The maximum atomic E-state index is 5.95. The highest BCUT2D eigenvalue weighted by Crippen LogP contribution is 2.30. The van der Waals surface area contributed by atoms with Gasteiger partial charge in [0.15, 0.2) is 0 Å². The summed E-state index contributed by atoms with van der Waals surface area (Å²) in [7, 11) is 0. The highest BCUT2D eigenvalue weighted by Gasteiger charge is 2.09. The molecular formula is C14H15BrClNOS. The summed E-state index contributed by atoms with van der Waals surface area (Å²) in [6.07, 6.45) is 0.806. The Hall–Kier alpha value is -0.550. The lowest BCUT2D eigenvalue weighted by molar-refractivity contribution is 0.304. The fraction of sp³-hybridized carbons (Fsp3) is 0.286. The predicted octanol–water partition coefficient (Wildman–Crippen LogP) is 4.55. The number of ether oxygens (including phenoxy) is 1. The summed E-state index contributed by atoms with van der Waals surface area (Å²) in [4.78, 5) is 1.12. The first kappa shape index (κ1) is 14.9. The van der Waals surface area contributed by atoms with Crippen molar-refractivity contribution in [1.82, 2.24) is 0 Å². The topological polar surface area (TPSA) is 35.2 Å². The molecule has 0 fully saturated rings. The quantitative estimate of drug-likeness (QED) is 0.849. The second kappa shape index (κ2) is 6.75. The summed E-state index contributed by atoms with van der Waals surface area (Å²) < 4.78 is 7.79. The lowest BCUT2D eigenvalue weighted by Crippen LogP contribution is -2.06. The lowest BCUT2D eigenvalue weighted by atomic mass is 10.1. The Morgan fingerprint density at radius 1 is 1.37 bits per heavy atom. The van der Waals surface area contributed by atoms with Gasteiger partial charge in [0.25, 0.3) is 0 Å². The molecule has 2 aromatic rings. The van der Waals surface area contributed by atoms with Gasteiger partial charge in [0.2, 0.25) is 0 Å². The molecule has 0 saturated heterocycles. The van der Waals surface area contributed by atoms with Gasteiger partial charge in [-0.2, -0.15) is 0 Å². The highest BCUT2D eigenvalue weighted by molar-refractivity contribution is 9.10. The first-order valence-electron chi connectivity index (χ1n) is 5.96. The van der Waals surface area contributed by atoms with Crippen LogP contribution in [0.25, 0.3) is 0 Å². The molecule has 19 heavy (non-hydrogen) atoms. The molecule has 2 rings (SSSR count). The van der Waals surface area contributed by atoms with E-state index in [1.54, 1.807) is 11.3 Å². The molecule has 1 aromatic carbocycles. The number of hydrogen-bond donors (Lipinski definition) is 1. The summed E-state index contributed by atoms with van der Waals surface area (Å²) in [5, 5.41) is 0. The predicted molar refractivity (Wildman–Crippen MR) is 85.3 cm³/mol. The maximum Gasteiger partial charge on any atom is 0.126 e. The van der Waals surface area contributed by atoms with E-state index in [1.165, 1.54) is 0 Å². The summed E-state index contributed by atoms with van der Waals surface area (Å²) >= 11 is 11.0. The average molecular weight is 361 g/mol. The van der Waals surface area contributed by atoms with Crippen LogP contribution in [0.15, 0.2) is 28.7 Å². The summed E-state index contributed by atoms with van der Waals surface area (Å²) in [6.45, 7) is 3.19. The molecule has 2 nitrogen and oxygen atoms in total. The van der Waals surface area contributed by atoms with Crippen molar-refractivity contribution in [3.8, 4) is 5.75 Å². The first-order chi connectivity index (χ1) is 9.10. The minimum atomic E-state index is 0.539. The molecule has 0 bridgehead atoms. The van der Waals surface area contributed by atoms with Gasteiger partial charge in [-0.05, 0) is 55.3 Å². The number of halogens is 2. The van der Waals surface area contributed by atoms with Crippen LogP contribution in [0.4, 0.5) is 0 Å². The fourth-order valence-electron chi connectivity index (χ4n) is 1.92. The van der Waals surface area contributed by atoms with Crippen molar-refractivity contribution in [2.24, 2.45) is 5.73 Å². The molecule has 0 unspecified atom stereocenters. The number of benzene rings is 1. The third kappa shape index (κ3) is 3.96. The fourth-order valence-corrected chi connectivity index (χ4v) is 3.54. The van der Waals surface area contributed by atoms with Gasteiger partial charge in [-0.25, -0.2) is 0 Å². The zero-order valence-corrected chi connectivity index (χ0v) is 13.7. The molecule has 102 valence electrons. The van der Waals surface area contributed by atoms with Gasteiger partial charge in [0.1, 0.15) is 12.4 Å². The lowest BCUT2D eigenvalue weighted by Gasteiger charge is -2.14. The van der Waals surface area contributed by atoms with Gasteiger partial charge in [0.05, 0.1) is 4.34 Å². The number of aryl methyl sites for hydroxylation is 1. The third-order valence-corrected chi connectivity index (χ3v) is 4.38. The molecule has 0 saturated carbocycles. The van der Waals surface area contributed by atoms with E-state index in [9.17, 15) is 0 Å². The molecule has 0 amide bonds. The van der Waals surface area contributed by atoms with Crippen LogP contribution in [-0.2, 0) is 13.0 Å². The van der Waals surface area contributed by atoms with Gasteiger partial charge < -0.3 is 10.5 Å². The SMILES string of the molecule is Cc1cc(Br)cc(CCN)c1OCc1ccc(Cl)s1. The van der Waals surface area contributed by atoms with E-state index in [1.807, 2.05) is 19.1 Å². The second-order valence-corrected chi connectivity index (χ2v) is 6.96. The largest absolute Gasteiger partial charge is 0.488 e. The minimum absolute atomic E-state index is 0.539. The maximum absolute atomic E-state index is 5.95. The monoisotopic (exact) mass is 359 g/mol. The van der Waals surface area contributed by atoms with Gasteiger partial charge >= 0.3 is 0 Å². The van der Waals surface area contributed by atoms with Crippen LogP contribution >= 0.6 is 38.9 Å². The zero-order chi connectivity index (χ0) is 13.8. The van der Waals surface area contributed by atoms with Crippen LogP contribution in [-0.4, -0.2) is 6.54 Å². The van der Waals surface area contributed by atoms with Crippen LogP contribution in [0, 0.1) is 6.92 Å². The molecule has 1 heterocycles. The van der Waals surface area contributed by atoms with E-state index in [0.29, 0.717) is 13.2 Å². The Bertz CT molecular complexity index is 571. The number of rotatable bonds is 5. The minimum Gasteiger partial charge on any atom is -0.488 e. The van der Waals surface area contributed by atoms with Crippen molar-refractivity contribution in [3.05, 3.63) is 49.1 Å². The van der Waals surface area contributed by atoms with E-state index in [4.69, 9.17) is 22.1 Å². The van der Waals surface area contributed by atoms with Crippen LogP contribution in [0.5, 0.6) is 5.75 Å². The van der Waals surface area contributed by atoms with Gasteiger partial charge in [-0.3, -0.25) is 0 Å². The van der Waals surface area contributed by atoms with Crippen molar-refractivity contribution >= 4 is 38.9 Å². The van der Waals surface area contributed by atoms with Gasteiger partial charge in [-0.15, -0.1) is 11.3 Å². The highest BCUT2D eigenvalue weighted by atomic mass is 79.9. The molecular weight excluding hydrogens is 346 g/mol. The zero-order valence-electron chi connectivity index (χ0n) is 10.6. The van der Waals surface area contributed by atoms with E-state index < -0.39 is 0 Å². The standard InChI is InChI=1S/C14H15BrClNOS/c1-9-6-11(15)7-10(4-5-17)14(9)18-8-12-2-3-13(16)19-12/h2-3,6-7H,4-5,8,17H2,1H3. The molecule has 0 atom stereocenters. The molecule has 2 N–H and O–H groups in total. The normalized spacial score (nSPS) is 10.7. The number of hydrogen-bond acceptors (Lipinski definition) is 3. The Morgan fingerprint density at radius 3 is 2.79 bits per heavy atom. The van der Waals surface area contributed by atoms with Crippen molar-refractivity contribution in [2.45, 2.75) is 20.0 Å². The molecule has 5 heteroatoms. The number of nitrogens with two attached hydrogens (primary N) is 1. The van der Waals surface area contributed by atoms with Crippen LogP contribution in [0.3, 0.4) is 0 Å². The molecule has 0 aliphatic carbocycles. The second-order valence-electron chi connectivity index (χ2n) is 4.24. The molecule has 0 aliphatic heterocycles. The Morgan fingerprint density at radius 2 is 2.16 bits per heavy atom. The summed E-state index contributed by atoms with van der Waals surface area (Å²) in [6, 6.07) is 8.00. The van der Waals surface area contributed by atoms with E-state index in [2.05, 4.69) is 28.1 Å². The molecule has 0 aliphatic rings. The van der Waals surface area contributed by atoms with E-state index in [0.717, 1.165) is 37.0 Å². The average Bonchev–Trinajstić information content (AvgIpc) is 2.74.